The Labute approximate surface area is 324 Å². The molecule has 4 saturated carbocycles. The van der Waals surface area contributed by atoms with Crippen LogP contribution in [0.2, 0.25) is 0 Å². The van der Waals surface area contributed by atoms with Gasteiger partial charge in [-0.05, 0) is 135 Å². The first-order valence-electron chi connectivity index (χ1n) is 21.1. The van der Waals surface area contributed by atoms with E-state index in [-0.39, 0.29) is 62.5 Å². The molecule has 5 aliphatic carbocycles. The fourth-order valence-electron chi connectivity index (χ4n) is 14.0. The van der Waals surface area contributed by atoms with Crippen molar-refractivity contribution in [3.63, 3.8) is 0 Å². The highest BCUT2D eigenvalue weighted by atomic mass is 16.7. The van der Waals surface area contributed by atoms with Crippen LogP contribution < -0.4 is 0 Å². The molecule has 0 aromatic heterocycles. The summed E-state index contributed by atoms with van der Waals surface area (Å²) in [5.41, 5.74) is 0.982. The summed E-state index contributed by atoms with van der Waals surface area (Å²) in [5.74, 6) is 0.291. The molecule has 1 aromatic carbocycles. The highest BCUT2D eigenvalue weighted by molar-refractivity contribution is 5.89. The number of ketones is 2. The average molecular weight is 745 g/mol. The van der Waals surface area contributed by atoms with Gasteiger partial charge in [0, 0.05) is 5.92 Å². The summed E-state index contributed by atoms with van der Waals surface area (Å²) in [4.78, 5) is 39.8. The summed E-state index contributed by atoms with van der Waals surface area (Å²) in [7, 11) is 0. The van der Waals surface area contributed by atoms with E-state index in [1.54, 1.807) is 26.0 Å². The molecule has 298 valence electrons. The fraction of sp³-hybridized carbons (Fsp3) is 0.766. The van der Waals surface area contributed by atoms with Crippen LogP contribution in [0, 0.1) is 62.1 Å². The lowest BCUT2D eigenvalue weighted by molar-refractivity contribution is -0.305. The van der Waals surface area contributed by atoms with Crippen LogP contribution in [0.25, 0.3) is 0 Å². The van der Waals surface area contributed by atoms with Gasteiger partial charge < -0.3 is 19.3 Å². The van der Waals surface area contributed by atoms with Crippen molar-refractivity contribution in [2.45, 2.75) is 165 Å². The maximum absolute atomic E-state index is 13.6. The third kappa shape index (κ3) is 5.77. The molecule has 7 rings (SSSR count). The summed E-state index contributed by atoms with van der Waals surface area (Å²) >= 11 is 0. The summed E-state index contributed by atoms with van der Waals surface area (Å²) in [6, 6.07) is 9.03. The fourth-order valence-corrected chi connectivity index (χ4v) is 14.0. The van der Waals surface area contributed by atoms with Crippen LogP contribution in [0.3, 0.4) is 0 Å². The van der Waals surface area contributed by atoms with Crippen LogP contribution in [0.5, 0.6) is 0 Å². The number of rotatable bonds is 6. The molecule has 0 radical (unpaired) electrons. The van der Waals surface area contributed by atoms with Crippen molar-refractivity contribution in [1.29, 1.82) is 0 Å². The average Bonchev–Trinajstić information content (AvgIpc) is 3.09. The molecule has 6 unspecified atom stereocenters. The number of allylic oxidation sites excluding steroid dienone is 2. The minimum absolute atomic E-state index is 0.0267. The summed E-state index contributed by atoms with van der Waals surface area (Å²) in [5, 5.41) is 12.2. The molecule has 5 fully saturated rings. The Morgan fingerprint density at radius 2 is 1.52 bits per heavy atom. The minimum atomic E-state index is -0.857. The molecule has 0 spiro atoms. The highest BCUT2D eigenvalue weighted by Gasteiger charge is 2.71. The standard InChI is InChI=1S/C47H68O7/c1-27-28(2)39(53-40(51)31-15-13-12-14-16-31)41(54-38(27)29(3)48)52-37-20-21-44(9)34(43(37,7)8)19-22-45(10)35(44)18-17-32-33-25-42(5,6)23-24-47(33,30(4)49)36(50)26-46(32,45)11/h12-17,27-28,33-39,41,50H,18-26H2,1-11H3/t27-,28-,33?,34-,35?,36?,37-,38?,39?,41+,44?,45-,46+,47+/m0/s1. The van der Waals surface area contributed by atoms with Gasteiger partial charge in [0.1, 0.15) is 11.9 Å². The van der Waals surface area contributed by atoms with Crippen molar-refractivity contribution < 1.29 is 33.7 Å². The van der Waals surface area contributed by atoms with Gasteiger partial charge in [-0.3, -0.25) is 9.59 Å². The van der Waals surface area contributed by atoms with Crippen LogP contribution in [0.1, 0.15) is 144 Å². The smallest absolute Gasteiger partial charge is 0.338 e. The predicted molar refractivity (Wildman–Crippen MR) is 209 cm³/mol. The van der Waals surface area contributed by atoms with Gasteiger partial charge in [-0.25, -0.2) is 4.79 Å². The first kappa shape index (κ1) is 39.9. The van der Waals surface area contributed by atoms with E-state index in [1.165, 1.54) is 5.57 Å². The van der Waals surface area contributed by atoms with Gasteiger partial charge in [-0.15, -0.1) is 0 Å². The normalized spacial score (nSPS) is 46.4. The quantitative estimate of drug-likeness (QED) is 0.176. The van der Waals surface area contributed by atoms with Crippen molar-refractivity contribution in [2.75, 3.05) is 0 Å². The number of hydrogen-bond donors (Lipinski definition) is 1. The second-order valence-electron chi connectivity index (χ2n) is 21.0. The van der Waals surface area contributed by atoms with E-state index < -0.39 is 36.0 Å². The number of Topliss-reactive ketones (excluding diaryl/α,β-unsaturated/α-hetero) is 2. The van der Waals surface area contributed by atoms with E-state index in [4.69, 9.17) is 14.2 Å². The Morgan fingerprint density at radius 3 is 2.17 bits per heavy atom. The van der Waals surface area contributed by atoms with E-state index in [1.807, 2.05) is 32.0 Å². The van der Waals surface area contributed by atoms with Crippen molar-refractivity contribution >= 4 is 17.5 Å². The number of esters is 1. The van der Waals surface area contributed by atoms with Crippen molar-refractivity contribution in [2.24, 2.45) is 62.1 Å². The number of ether oxygens (including phenoxy) is 3. The minimum Gasteiger partial charge on any atom is -0.453 e. The Morgan fingerprint density at radius 1 is 0.833 bits per heavy atom. The zero-order chi connectivity index (χ0) is 39.4. The number of aliphatic hydroxyl groups excluding tert-OH is 1. The summed E-state index contributed by atoms with van der Waals surface area (Å²) in [6.07, 6.45) is 7.87. The van der Waals surface area contributed by atoms with E-state index >= 15 is 0 Å². The third-order valence-corrected chi connectivity index (χ3v) is 17.6. The van der Waals surface area contributed by atoms with Crippen LogP contribution in [-0.4, -0.2) is 53.3 Å². The lowest BCUT2D eigenvalue weighted by Gasteiger charge is -2.72. The van der Waals surface area contributed by atoms with Crippen LogP contribution in [-0.2, 0) is 23.8 Å². The molecule has 0 bridgehead atoms. The first-order valence-corrected chi connectivity index (χ1v) is 21.1. The molecule has 1 aliphatic heterocycles. The van der Waals surface area contributed by atoms with E-state index in [9.17, 15) is 19.5 Å². The Hall–Kier alpha value is -2.35. The Balaban J connectivity index is 1.18. The van der Waals surface area contributed by atoms with Gasteiger partial charge >= 0.3 is 5.97 Å². The number of fused-ring (bicyclic) bond motifs is 7. The van der Waals surface area contributed by atoms with Gasteiger partial charge in [-0.1, -0.05) is 92.2 Å². The lowest BCUT2D eigenvalue weighted by Crippen LogP contribution is -2.67. The van der Waals surface area contributed by atoms with E-state index in [2.05, 4.69) is 54.5 Å². The second-order valence-corrected chi connectivity index (χ2v) is 21.0. The van der Waals surface area contributed by atoms with E-state index in [0.717, 1.165) is 51.4 Å². The summed E-state index contributed by atoms with van der Waals surface area (Å²) in [6.45, 7) is 24.2. The molecule has 1 N–H and O–H groups in total. The number of aliphatic hydroxyl groups is 1. The van der Waals surface area contributed by atoms with Gasteiger partial charge in [0.25, 0.3) is 0 Å². The molecule has 1 saturated heterocycles. The molecular formula is C47H68O7. The molecule has 1 heterocycles. The molecule has 1 aromatic rings. The molecule has 7 nitrogen and oxygen atoms in total. The van der Waals surface area contributed by atoms with Crippen molar-refractivity contribution in [3.05, 3.63) is 47.5 Å². The Bertz CT molecular complexity index is 1680. The molecule has 14 atom stereocenters. The van der Waals surface area contributed by atoms with Crippen molar-refractivity contribution in [1.82, 2.24) is 0 Å². The molecular weight excluding hydrogens is 677 g/mol. The number of benzene rings is 1. The highest BCUT2D eigenvalue weighted by Crippen LogP contribution is 2.76. The monoisotopic (exact) mass is 744 g/mol. The zero-order valence-corrected chi connectivity index (χ0v) is 35.0. The van der Waals surface area contributed by atoms with Gasteiger partial charge in [-0.2, -0.15) is 0 Å². The number of carbonyl (C=O) groups excluding carboxylic acids is 3. The van der Waals surface area contributed by atoms with Crippen LogP contribution in [0.4, 0.5) is 0 Å². The summed E-state index contributed by atoms with van der Waals surface area (Å²) < 4.78 is 19.8. The van der Waals surface area contributed by atoms with Crippen LogP contribution >= 0.6 is 0 Å². The van der Waals surface area contributed by atoms with Gasteiger partial charge in [0.05, 0.1) is 23.2 Å². The largest absolute Gasteiger partial charge is 0.453 e. The molecule has 0 amide bonds. The Kier molecular flexibility index (Phi) is 9.87. The second kappa shape index (κ2) is 13.4. The van der Waals surface area contributed by atoms with Crippen molar-refractivity contribution in [3.8, 4) is 0 Å². The molecule has 7 heteroatoms. The van der Waals surface area contributed by atoms with E-state index in [0.29, 0.717) is 23.8 Å². The SMILES string of the molecule is CC(=O)C1O[C@@H](O[C@H]2CCC3(C)C4CC=C5C6CC(C)(C)CC[C@]6(C(C)=O)C(O)C[C@@]5(C)[C@@]4(C)CC[C@H]3C2(C)C)C(OC(=O)c2ccccc2)[C@@H](C)[C@@H]1C. The number of carbonyl (C=O) groups is 3. The molecule has 6 aliphatic rings. The first-order chi connectivity index (χ1) is 25.1. The topological polar surface area (TPSA) is 99.1 Å². The maximum atomic E-state index is 13.6. The third-order valence-electron chi connectivity index (χ3n) is 17.6. The number of hydrogen-bond acceptors (Lipinski definition) is 7. The van der Waals surface area contributed by atoms with Crippen LogP contribution in [0.15, 0.2) is 42.0 Å². The van der Waals surface area contributed by atoms with Gasteiger partial charge in [0.15, 0.2) is 18.2 Å². The maximum Gasteiger partial charge on any atom is 0.338 e. The molecule has 54 heavy (non-hydrogen) atoms. The zero-order valence-electron chi connectivity index (χ0n) is 35.0. The van der Waals surface area contributed by atoms with Gasteiger partial charge in [0.2, 0.25) is 0 Å². The lowest BCUT2D eigenvalue weighted by atomic mass is 9.33. The predicted octanol–water partition coefficient (Wildman–Crippen LogP) is 9.54.